The number of carbonyl (C=O) groups is 1. The van der Waals surface area contributed by atoms with E-state index < -0.39 is 5.43 Å². The molecule has 1 aliphatic rings. The first kappa shape index (κ1) is 13.8. The van der Waals surface area contributed by atoms with Crippen LogP contribution >= 0.6 is 11.6 Å². The van der Waals surface area contributed by atoms with Gasteiger partial charge in [-0.3, -0.25) is 0 Å². The predicted octanol–water partition coefficient (Wildman–Crippen LogP) is 4.65. The molecule has 1 N–H and O–H groups in total. The molecule has 0 aromatic heterocycles. The summed E-state index contributed by atoms with van der Waals surface area (Å²) in [4.78, 5) is 8.77. The molecule has 1 aliphatic carbocycles. The molecule has 2 rings (SSSR count). The van der Waals surface area contributed by atoms with Gasteiger partial charge in [0.1, 0.15) is 0 Å². The summed E-state index contributed by atoms with van der Waals surface area (Å²) < 4.78 is 0. The Morgan fingerprint density at radius 2 is 1.88 bits per heavy atom. The van der Waals surface area contributed by atoms with Crippen LogP contribution in [0, 0.1) is 11.3 Å². The van der Waals surface area contributed by atoms with E-state index in [4.69, 9.17) is 9.90 Å². The zero-order valence-corrected chi connectivity index (χ0v) is 10.8. The van der Waals surface area contributed by atoms with E-state index in [-0.39, 0.29) is 0 Å². The first-order valence-corrected chi connectivity index (χ1v) is 5.91. The Labute approximate surface area is 107 Å². The summed E-state index contributed by atoms with van der Waals surface area (Å²) in [7, 11) is 0. The molecule has 0 aliphatic heterocycles. The van der Waals surface area contributed by atoms with Gasteiger partial charge in [0.15, 0.2) is 0 Å². The topological polar surface area (TPSA) is 37.3 Å². The largest absolute Gasteiger partial charge is 0.469 e. The maximum Gasteiger partial charge on any atom is 0.401 e. The highest BCUT2D eigenvalue weighted by Crippen LogP contribution is 2.52. The highest BCUT2D eigenvalue weighted by molar-refractivity contribution is 6.60. The van der Waals surface area contributed by atoms with Crippen LogP contribution in [-0.4, -0.2) is 10.5 Å². The van der Waals surface area contributed by atoms with Crippen molar-refractivity contribution in [2.45, 2.75) is 20.3 Å². The van der Waals surface area contributed by atoms with Crippen LogP contribution in [0.2, 0.25) is 0 Å². The Balaban J connectivity index is 0.000000317. The summed E-state index contributed by atoms with van der Waals surface area (Å²) in [6.07, 6.45) is 5.92. The van der Waals surface area contributed by atoms with Crippen molar-refractivity contribution < 1.29 is 9.90 Å². The maximum absolute atomic E-state index is 8.77. The molecule has 2 nitrogen and oxygen atoms in total. The van der Waals surface area contributed by atoms with Crippen molar-refractivity contribution in [3.63, 3.8) is 0 Å². The summed E-state index contributed by atoms with van der Waals surface area (Å²) in [6.45, 7) is 4.65. The SMILES string of the molecule is CC1(C)CC1C=Cc1ccccc1.O=C(O)Cl. The van der Waals surface area contributed by atoms with Crippen LogP contribution in [-0.2, 0) is 0 Å². The van der Waals surface area contributed by atoms with Gasteiger partial charge < -0.3 is 5.11 Å². The number of hydrogen-bond acceptors (Lipinski definition) is 1. The Hall–Kier alpha value is -1.28. The Bertz CT molecular complexity index is 392. The van der Waals surface area contributed by atoms with Gasteiger partial charge in [0.05, 0.1) is 0 Å². The van der Waals surface area contributed by atoms with E-state index in [0.717, 1.165) is 5.92 Å². The van der Waals surface area contributed by atoms with Gasteiger partial charge in [0.2, 0.25) is 0 Å². The fourth-order valence-electron chi connectivity index (χ4n) is 1.63. The highest BCUT2D eigenvalue weighted by Gasteiger charge is 2.43. The maximum atomic E-state index is 8.77. The Morgan fingerprint density at radius 3 is 2.29 bits per heavy atom. The molecule has 0 amide bonds. The molecule has 0 spiro atoms. The summed E-state index contributed by atoms with van der Waals surface area (Å²) in [6, 6.07) is 10.5. The molecule has 0 saturated heterocycles. The van der Waals surface area contributed by atoms with Crippen LogP contribution < -0.4 is 0 Å². The second kappa shape index (κ2) is 5.87. The summed E-state index contributed by atoms with van der Waals surface area (Å²) in [5.74, 6) is 0.799. The van der Waals surface area contributed by atoms with Crippen molar-refractivity contribution in [1.29, 1.82) is 0 Å². The minimum Gasteiger partial charge on any atom is -0.469 e. The van der Waals surface area contributed by atoms with E-state index in [0.29, 0.717) is 5.41 Å². The molecule has 1 saturated carbocycles. The summed E-state index contributed by atoms with van der Waals surface area (Å²) in [5.41, 5.74) is 0.510. The quantitative estimate of drug-likeness (QED) is 0.778. The lowest BCUT2D eigenvalue weighted by Gasteiger charge is -1.96. The molecule has 1 fully saturated rings. The third kappa shape index (κ3) is 5.55. The van der Waals surface area contributed by atoms with Gasteiger partial charge in [-0.15, -0.1) is 0 Å². The zero-order chi connectivity index (χ0) is 12.9. The minimum atomic E-state index is -1.36. The molecule has 1 aromatic carbocycles. The summed E-state index contributed by atoms with van der Waals surface area (Å²) in [5, 5.41) is 7.18. The molecular formula is C14H17ClO2. The minimum absolute atomic E-state index is 0.561. The number of allylic oxidation sites excluding steroid dienone is 1. The third-order valence-corrected chi connectivity index (χ3v) is 2.91. The van der Waals surface area contributed by atoms with E-state index in [1.807, 2.05) is 0 Å². The smallest absolute Gasteiger partial charge is 0.401 e. The van der Waals surface area contributed by atoms with Crippen LogP contribution in [0.15, 0.2) is 36.4 Å². The monoisotopic (exact) mass is 252 g/mol. The molecule has 0 heterocycles. The normalized spacial score (nSPS) is 20.5. The fourth-order valence-corrected chi connectivity index (χ4v) is 1.63. The summed E-state index contributed by atoms with van der Waals surface area (Å²) >= 11 is 4.19. The zero-order valence-electron chi connectivity index (χ0n) is 10.1. The van der Waals surface area contributed by atoms with Gasteiger partial charge >= 0.3 is 5.43 Å². The Kier molecular flexibility index (Phi) is 4.76. The highest BCUT2D eigenvalue weighted by atomic mass is 35.5. The van der Waals surface area contributed by atoms with Crippen LogP contribution in [0.4, 0.5) is 4.79 Å². The Morgan fingerprint density at radius 1 is 1.41 bits per heavy atom. The van der Waals surface area contributed by atoms with E-state index in [1.165, 1.54) is 12.0 Å². The molecule has 0 bridgehead atoms. The third-order valence-electron chi connectivity index (χ3n) is 2.91. The van der Waals surface area contributed by atoms with Gasteiger partial charge in [0, 0.05) is 11.6 Å². The number of carboxylic acid groups (broad SMARTS) is 1. The lowest BCUT2D eigenvalue weighted by atomic mass is 10.1. The first-order valence-electron chi connectivity index (χ1n) is 5.53. The van der Waals surface area contributed by atoms with Gasteiger partial charge in [-0.1, -0.05) is 56.3 Å². The van der Waals surface area contributed by atoms with Gasteiger partial charge in [0.25, 0.3) is 0 Å². The molecule has 1 atom stereocenters. The molecule has 3 heteroatoms. The molecule has 92 valence electrons. The standard InChI is InChI=1S/C13H16.CHClO2/c1-13(2)10-12(13)9-8-11-6-4-3-5-7-11;2-1(3)4/h3-9,12H,10H2,1-2H3;(H,3,4). The van der Waals surface area contributed by atoms with Gasteiger partial charge in [-0.2, -0.15) is 0 Å². The van der Waals surface area contributed by atoms with Crippen molar-refractivity contribution in [3.05, 3.63) is 42.0 Å². The van der Waals surface area contributed by atoms with Crippen LogP contribution in [0.1, 0.15) is 25.8 Å². The van der Waals surface area contributed by atoms with Gasteiger partial charge in [-0.25, -0.2) is 4.79 Å². The number of halogens is 1. The van der Waals surface area contributed by atoms with Crippen LogP contribution in [0.3, 0.4) is 0 Å². The fraction of sp³-hybridized carbons (Fsp3) is 0.357. The molecule has 1 aromatic rings. The van der Waals surface area contributed by atoms with Crippen molar-refractivity contribution in [2.75, 3.05) is 0 Å². The van der Waals surface area contributed by atoms with E-state index in [1.54, 1.807) is 0 Å². The molecule has 17 heavy (non-hydrogen) atoms. The number of rotatable bonds is 2. The van der Waals surface area contributed by atoms with E-state index in [2.05, 4.69) is 67.9 Å². The van der Waals surface area contributed by atoms with Crippen molar-refractivity contribution in [3.8, 4) is 0 Å². The second-order valence-electron chi connectivity index (χ2n) is 4.82. The average molecular weight is 253 g/mol. The molecule has 1 unspecified atom stereocenters. The van der Waals surface area contributed by atoms with Crippen LogP contribution in [0.5, 0.6) is 0 Å². The lowest BCUT2D eigenvalue weighted by molar-refractivity contribution is 0.220. The van der Waals surface area contributed by atoms with Crippen molar-refractivity contribution in [1.82, 2.24) is 0 Å². The molecule has 0 radical (unpaired) electrons. The van der Waals surface area contributed by atoms with E-state index >= 15 is 0 Å². The lowest BCUT2D eigenvalue weighted by Crippen LogP contribution is -1.85. The van der Waals surface area contributed by atoms with E-state index in [9.17, 15) is 0 Å². The average Bonchev–Trinajstić information content (AvgIpc) is 2.84. The van der Waals surface area contributed by atoms with Crippen LogP contribution in [0.25, 0.3) is 6.08 Å². The van der Waals surface area contributed by atoms with Crippen molar-refractivity contribution in [2.24, 2.45) is 11.3 Å². The number of benzene rings is 1. The molecular weight excluding hydrogens is 236 g/mol. The number of hydrogen-bond donors (Lipinski definition) is 1. The van der Waals surface area contributed by atoms with Gasteiger partial charge in [-0.05, 0) is 23.3 Å². The predicted molar refractivity (Wildman–Crippen MR) is 71.2 cm³/mol. The first-order chi connectivity index (χ1) is 7.92. The van der Waals surface area contributed by atoms with Crippen molar-refractivity contribution >= 4 is 23.1 Å². The second-order valence-corrected chi connectivity index (χ2v) is 5.15.